The average Bonchev–Trinajstić information content (AvgIpc) is 3.24. The highest BCUT2D eigenvalue weighted by atomic mass is 32.1. The minimum atomic E-state index is -0.364. The molecular formula is C22H17FN4O2S. The highest BCUT2D eigenvalue weighted by Crippen LogP contribution is 2.25. The van der Waals surface area contributed by atoms with Crippen molar-refractivity contribution in [3.8, 4) is 22.8 Å². The molecule has 0 aliphatic carbocycles. The third kappa shape index (κ3) is 5.18. The van der Waals surface area contributed by atoms with Crippen LogP contribution >= 0.6 is 11.3 Å². The van der Waals surface area contributed by atoms with Crippen molar-refractivity contribution < 1.29 is 13.9 Å². The van der Waals surface area contributed by atoms with Gasteiger partial charge in [0.25, 0.3) is 0 Å². The van der Waals surface area contributed by atoms with Crippen molar-refractivity contribution in [2.75, 3.05) is 17.2 Å². The molecule has 1 amide bonds. The number of pyridine rings is 1. The number of amides is 1. The third-order valence-corrected chi connectivity index (χ3v) is 4.83. The summed E-state index contributed by atoms with van der Waals surface area (Å²) >= 11 is 1.42. The second-order valence-corrected chi connectivity index (χ2v) is 7.12. The second-order valence-electron chi connectivity index (χ2n) is 6.27. The molecule has 2 aromatic carbocycles. The van der Waals surface area contributed by atoms with Gasteiger partial charge in [0.2, 0.25) is 5.91 Å². The molecule has 6 nitrogen and oxygen atoms in total. The summed E-state index contributed by atoms with van der Waals surface area (Å²) in [5.74, 6) is 0.385. The fraction of sp³-hybridized carbons (Fsp3) is 0.0455. The Kier molecular flexibility index (Phi) is 5.95. The van der Waals surface area contributed by atoms with Crippen LogP contribution in [0.2, 0.25) is 0 Å². The van der Waals surface area contributed by atoms with E-state index >= 15 is 0 Å². The summed E-state index contributed by atoms with van der Waals surface area (Å²) < 4.78 is 18.8. The number of aromatic nitrogens is 2. The molecule has 0 bridgehead atoms. The van der Waals surface area contributed by atoms with E-state index in [4.69, 9.17) is 4.74 Å². The molecule has 0 atom stereocenters. The van der Waals surface area contributed by atoms with E-state index in [1.54, 1.807) is 48.8 Å². The molecule has 0 aliphatic rings. The Balaban J connectivity index is 1.28. The summed E-state index contributed by atoms with van der Waals surface area (Å²) in [6.45, 7) is 0.0849. The molecule has 2 heterocycles. The van der Waals surface area contributed by atoms with Crippen molar-refractivity contribution in [3.63, 3.8) is 0 Å². The second kappa shape index (κ2) is 9.15. The standard InChI is InChI=1S/C22H17FN4O2S/c23-16-4-1-5-19(11-16)29-18-8-6-17(7-9-18)26-21(28)13-25-22-27-20(14-30-22)15-3-2-10-24-12-15/h1-12,14H,13H2,(H,25,27)(H,26,28). The first-order valence-corrected chi connectivity index (χ1v) is 9.97. The Hall–Kier alpha value is -3.78. The van der Waals surface area contributed by atoms with Crippen molar-refractivity contribution in [3.05, 3.63) is 84.3 Å². The first-order chi connectivity index (χ1) is 14.7. The molecule has 0 unspecified atom stereocenters. The molecular weight excluding hydrogens is 403 g/mol. The summed E-state index contributed by atoms with van der Waals surface area (Å²) in [5.41, 5.74) is 2.36. The van der Waals surface area contributed by atoms with Gasteiger partial charge in [0.15, 0.2) is 5.13 Å². The van der Waals surface area contributed by atoms with Gasteiger partial charge in [-0.15, -0.1) is 11.3 Å². The van der Waals surface area contributed by atoms with Gasteiger partial charge in [-0.1, -0.05) is 6.07 Å². The highest BCUT2D eigenvalue weighted by molar-refractivity contribution is 7.14. The molecule has 4 aromatic rings. The van der Waals surface area contributed by atoms with E-state index in [0.717, 1.165) is 11.3 Å². The van der Waals surface area contributed by atoms with Crippen LogP contribution in [0.5, 0.6) is 11.5 Å². The van der Waals surface area contributed by atoms with Gasteiger partial charge in [-0.25, -0.2) is 9.37 Å². The maximum absolute atomic E-state index is 13.2. The number of halogens is 1. The minimum Gasteiger partial charge on any atom is -0.457 e. The molecule has 2 N–H and O–H groups in total. The number of nitrogens with zero attached hydrogens (tertiary/aromatic N) is 2. The van der Waals surface area contributed by atoms with Crippen LogP contribution in [0, 0.1) is 5.82 Å². The molecule has 0 fully saturated rings. The normalized spacial score (nSPS) is 10.4. The topological polar surface area (TPSA) is 76.1 Å². The van der Waals surface area contributed by atoms with Crippen LogP contribution in [0.3, 0.4) is 0 Å². The molecule has 0 saturated heterocycles. The Labute approximate surface area is 176 Å². The van der Waals surface area contributed by atoms with Crippen LogP contribution in [0.4, 0.5) is 15.2 Å². The first-order valence-electron chi connectivity index (χ1n) is 9.09. The lowest BCUT2D eigenvalue weighted by atomic mass is 10.2. The predicted octanol–water partition coefficient (Wildman–Crippen LogP) is 5.19. The van der Waals surface area contributed by atoms with Crippen LogP contribution in [-0.2, 0) is 4.79 Å². The van der Waals surface area contributed by atoms with Crippen LogP contribution in [0.15, 0.2) is 78.4 Å². The molecule has 150 valence electrons. The van der Waals surface area contributed by atoms with Gasteiger partial charge in [-0.3, -0.25) is 9.78 Å². The highest BCUT2D eigenvalue weighted by Gasteiger charge is 2.07. The van der Waals surface area contributed by atoms with E-state index in [-0.39, 0.29) is 18.3 Å². The summed E-state index contributed by atoms with van der Waals surface area (Å²) in [5, 5.41) is 8.39. The molecule has 30 heavy (non-hydrogen) atoms. The Morgan fingerprint density at radius 2 is 1.93 bits per heavy atom. The van der Waals surface area contributed by atoms with Crippen molar-refractivity contribution in [2.24, 2.45) is 0 Å². The number of rotatable bonds is 7. The van der Waals surface area contributed by atoms with Gasteiger partial charge in [-0.05, 0) is 48.5 Å². The molecule has 0 radical (unpaired) electrons. The number of hydrogen-bond acceptors (Lipinski definition) is 6. The number of carbonyl (C=O) groups is 1. The van der Waals surface area contributed by atoms with Crippen molar-refractivity contribution in [1.82, 2.24) is 9.97 Å². The summed E-state index contributed by atoms with van der Waals surface area (Å²) in [7, 11) is 0. The molecule has 8 heteroatoms. The average molecular weight is 420 g/mol. The lowest BCUT2D eigenvalue weighted by Gasteiger charge is -2.08. The van der Waals surface area contributed by atoms with Crippen LogP contribution in [0.25, 0.3) is 11.3 Å². The summed E-state index contributed by atoms with van der Waals surface area (Å²) in [6.07, 6.45) is 3.45. The zero-order valence-corrected chi connectivity index (χ0v) is 16.5. The van der Waals surface area contributed by atoms with E-state index in [1.165, 1.54) is 23.5 Å². The Bertz CT molecular complexity index is 1130. The fourth-order valence-corrected chi connectivity index (χ4v) is 3.35. The number of anilines is 2. The van der Waals surface area contributed by atoms with E-state index < -0.39 is 0 Å². The fourth-order valence-electron chi connectivity index (χ4n) is 2.64. The number of thiazole rings is 1. The van der Waals surface area contributed by atoms with Crippen molar-refractivity contribution >= 4 is 28.1 Å². The predicted molar refractivity (Wildman–Crippen MR) is 115 cm³/mol. The monoisotopic (exact) mass is 420 g/mol. The first kappa shape index (κ1) is 19.5. The quantitative estimate of drug-likeness (QED) is 0.430. The molecule has 0 saturated carbocycles. The Morgan fingerprint density at radius 1 is 1.07 bits per heavy atom. The van der Waals surface area contributed by atoms with Crippen molar-refractivity contribution in [2.45, 2.75) is 0 Å². The van der Waals surface area contributed by atoms with E-state index in [1.807, 2.05) is 17.5 Å². The van der Waals surface area contributed by atoms with E-state index in [2.05, 4.69) is 20.6 Å². The van der Waals surface area contributed by atoms with Gasteiger partial charge >= 0.3 is 0 Å². The van der Waals surface area contributed by atoms with Crippen LogP contribution in [-0.4, -0.2) is 22.4 Å². The number of ether oxygens (including phenoxy) is 1. The Morgan fingerprint density at radius 3 is 2.70 bits per heavy atom. The summed E-state index contributed by atoms with van der Waals surface area (Å²) in [4.78, 5) is 20.7. The maximum Gasteiger partial charge on any atom is 0.243 e. The SMILES string of the molecule is O=C(CNc1nc(-c2cccnc2)cs1)Nc1ccc(Oc2cccc(F)c2)cc1. The zero-order chi connectivity index (χ0) is 20.8. The smallest absolute Gasteiger partial charge is 0.243 e. The van der Waals surface area contributed by atoms with Gasteiger partial charge in [0, 0.05) is 35.1 Å². The number of benzene rings is 2. The molecule has 0 spiro atoms. The maximum atomic E-state index is 13.2. The van der Waals surface area contributed by atoms with Crippen molar-refractivity contribution in [1.29, 1.82) is 0 Å². The molecule has 0 aliphatic heterocycles. The van der Waals surface area contributed by atoms with E-state index in [0.29, 0.717) is 22.3 Å². The van der Waals surface area contributed by atoms with Gasteiger partial charge in [-0.2, -0.15) is 0 Å². The zero-order valence-electron chi connectivity index (χ0n) is 15.7. The lowest BCUT2D eigenvalue weighted by Crippen LogP contribution is -2.21. The van der Waals surface area contributed by atoms with Gasteiger partial charge in [0.1, 0.15) is 17.3 Å². The molecule has 4 rings (SSSR count). The van der Waals surface area contributed by atoms with Gasteiger partial charge in [0.05, 0.1) is 12.2 Å². The third-order valence-electron chi connectivity index (χ3n) is 4.03. The number of nitrogens with one attached hydrogen (secondary N) is 2. The van der Waals surface area contributed by atoms with Crippen LogP contribution < -0.4 is 15.4 Å². The minimum absolute atomic E-state index is 0.0849. The largest absolute Gasteiger partial charge is 0.457 e. The number of hydrogen-bond donors (Lipinski definition) is 2. The van der Waals surface area contributed by atoms with E-state index in [9.17, 15) is 9.18 Å². The molecule has 2 aromatic heterocycles. The van der Waals surface area contributed by atoms with Gasteiger partial charge < -0.3 is 15.4 Å². The number of carbonyl (C=O) groups excluding carboxylic acids is 1. The lowest BCUT2D eigenvalue weighted by molar-refractivity contribution is -0.114. The summed E-state index contributed by atoms with van der Waals surface area (Å²) in [6, 6.07) is 16.5. The van der Waals surface area contributed by atoms with Crippen LogP contribution in [0.1, 0.15) is 0 Å².